The predicted molar refractivity (Wildman–Crippen MR) is 63.1 cm³/mol. The van der Waals surface area contributed by atoms with Crippen LogP contribution in [0.25, 0.3) is 10.6 Å². The average molecular weight is 234 g/mol. The second-order valence-electron chi connectivity index (χ2n) is 3.94. The van der Waals surface area contributed by atoms with Crippen LogP contribution in [0.3, 0.4) is 0 Å². The summed E-state index contributed by atoms with van der Waals surface area (Å²) in [7, 11) is 0. The normalized spacial score (nSPS) is 16.1. The van der Waals surface area contributed by atoms with Gasteiger partial charge in [-0.3, -0.25) is 0 Å². The first-order valence-electron chi connectivity index (χ1n) is 5.25. The number of benzene rings is 1. The molecule has 1 fully saturated rings. The van der Waals surface area contributed by atoms with Gasteiger partial charge in [-0.2, -0.15) is 0 Å². The van der Waals surface area contributed by atoms with Gasteiger partial charge in [0.2, 0.25) is 0 Å². The molecule has 0 radical (unpaired) electrons. The van der Waals surface area contributed by atoms with Crippen LogP contribution in [0.15, 0.2) is 29.6 Å². The molecule has 2 nitrogen and oxygen atoms in total. The summed E-state index contributed by atoms with van der Waals surface area (Å²) >= 11 is 1.62. The molecule has 0 unspecified atom stereocenters. The molecule has 1 aliphatic rings. The van der Waals surface area contributed by atoms with Crippen LogP contribution in [0.2, 0.25) is 0 Å². The maximum atomic E-state index is 12.8. The van der Waals surface area contributed by atoms with Gasteiger partial charge >= 0.3 is 0 Å². The lowest BCUT2D eigenvalue weighted by Gasteiger charge is -2.25. The number of hydrogen-bond acceptors (Lipinski definition) is 3. The van der Waals surface area contributed by atoms with Gasteiger partial charge in [0.1, 0.15) is 10.8 Å². The molecule has 1 aliphatic heterocycles. The van der Waals surface area contributed by atoms with Gasteiger partial charge in [0, 0.05) is 30.0 Å². The fourth-order valence-corrected chi connectivity index (χ4v) is 2.60. The Morgan fingerprint density at radius 2 is 2.00 bits per heavy atom. The lowest BCUT2D eigenvalue weighted by Crippen LogP contribution is -2.40. The molecule has 0 amide bonds. The Bertz CT molecular complexity index is 488. The van der Waals surface area contributed by atoms with Crippen LogP contribution in [-0.2, 0) is 0 Å². The maximum Gasteiger partial charge on any atom is 0.123 e. The van der Waals surface area contributed by atoms with Crippen LogP contribution in [0, 0.1) is 5.82 Å². The summed E-state index contributed by atoms with van der Waals surface area (Å²) in [5.74, 6) is 0.356. The second kappa shape index (κ2) is 3.96. The zero-order valence-corrected chi connectivity index (χ0v) is 9.43. The van der Waals surface area contributed by atoms with Gasteiger partial charge in [0.25, 0.3) is 0 Å². The number of thiazole rings is 1. The Morgan fingerprint density at radius 3 is 2.62 bits per heavy atom. The minimum Gasteiger partial charge on any atom is -0.315 e. The van der Waals surface area contributed by atoms with Crippen LogP contribution < -0.4 is 5.32 Å². The molecule has 1 saturated heterocycles. The summed E-state index contributed by atoms with van der Waals surface area (Å²) in [5.41, 5.74) is 2.15. The molecule has 16 heavy (non-hydrogen) atoms. The maximum absolute atomic E-state index is 12.8. The highest BCUT2D eigenvalue weighted by Gasteiger charge is 2.21. The zero-order valence-electron chi connectivity index (χ0n) is 8.61. The second-order valence-corrected chi connectivity index (χ2v) is 4.80. The molecule has 2 heterocycles. The Hall–Kier alpha value is -1.26. The van der Waals surface area contributed by atoms with E-state index in [9.17, 15) is 4.39 Å². The van der Waals surface area contributed by atoms with E-state index >= 15 is 0 Å². The van der Waals surface area contributed by atoms with Crippen molar-refractivity contribution in [3.8, 4) is 10.6 Å². The van der Waals surface area contributed by atoms with Crippen molar-refractivity contribution in [2.75, 3.05) is 13.1 Å². The van der Waals surface area contributed by atoms with Crippen LogP contribution in [-0.4, -0.2) is 18.1 Å². The van der Waals surface area contributed by atoms with E-state index in [1.165, 1.54) is 12.1 Å². The molecule has 1 aromatic heterocycles. The molecule has 1 aromatic carbocycles. The minimum absolute atomic E-state index is 0.205. The van der Waals surface area contributed by atoms with Crippen molar-refractivity contribution in [2.24, 2.45) is 0 Å². The van der Waals surface area contributed by atoms with E-state index in [2.05, 4.69) is 15.7 Å². The lowest BCUT2D eigenvalue weighted by molar-refractivity contribution is 0.441. The van der Waals surface area contributed by atoms with E-state index in [1.807, 2.05) is 0 Å². The number of rotatable bonds is 2. The first kappa shape index (κ1) is 9.93. The summed E-state index contributed by atoms with van der Waals surface area (Å²) in [6.07, 6.45) is 0. The third-order valence-corrected chi connectivity index (χ3v) is 3.72. The number of nitrogens with one attached hydrogen (secondary N) is 1. The number of nitrogens with zero attached hydrogens (tertiary/aromatic N) is 1. The molecule has 0 aliphatic carbocycles. The highest BCUT2D eigenvalue weighted by atomic mass is 32.1. The monoisotopic (exact) mass is 234 g/mol. The Kier molecular flexibility index (Phi) is 2.46. The van der Waals surface area contributed by atoms with Crippen molar-refractivity contribution >= 4 is 11.3 Å². The third kappa shape index (κ3) is 1.74. The summed E-state index contributed by atoms with van der Waals surface area (Å²) < 4.78 is 12.8. The van der Waals surface area contributed by atoms with Crippen LogP contribution in [0.4, 0.5) is 4.39 Å². The largest absolute Gasteiger partial charge is 0.315 e. The van der Waals surface area contributed by atoms with E-state index in [4.69, 9.17) is 0 Å². The quantitative estimate of drug-likeness (QED) is 0.864. The van der Waals surface area contributed by atoms with E-state index in [0.717, 1.165) is 29.4 Å². The highest BCUT2D eigenvalue weighted by molar-refractivity contribution is 7.13. The zero-order chi connectivity index (χ0) is 11.0. The van der Waals surface area contributed by atoms with Gasteiger partial charge in [-0.25, -0.2) is 9.37 Å². The summed E-state index contributed by atoms with van der Waals surface area (Å²) in [5, 5.41) is 6.31. The smallest absolute Gasteiger partial charge is 0.123 e. The number of hydrogen-bond donors (Lipinski definition) is 1. The fourth-order valence-electron chi connectivity index (χ4n) is 1.70. The lowest BCUT2D eigenvalue weighted by atomic mass is 10.0. The van der Waals surface area contributed by atoms with Gasteiger partial charge in [0.15, 0.2) is 0 Å². The van der Waals surface area contributed by atoms with E-state index < -0.39 is 0 Å². The van der Waals surface area contributed by atoms with E-state index in [1.54, 1.807) is 23.5 Å². The van der Waals surface area contributed by atoms with Crippen molar-refractivity contribution in [1.82, 2.24) is 10.3 Å². The molecule has 0 atom stereocenters. The molecule has 4 heteroatoms. The minimum atomic E-state index is -0.205. The SMILES string of the molecule is Fc1ccc(-c2nc(C3CNC3)cs2)cc1. The van der Waals surface area contributed by atoms with Crippen LogP contribution >= 0.6 is 11.3 Å². The molecular formula is C12H11FN2S. The van der Waals surface area contributed by atoms with Crippen molar-refractivity contribution in [2.45, 2.75) is 5.92 Å². The Labute approximate surface area is 97.2 Å². The third-order valence-electron chi connectivity index (χ3n) is 2.81. The van der Waals surface area contributed by atoms with Gasteiger partial charge < -0.3 is 5.32 Å². The molecule has 1 N–H and O–H groups in total. The van der Waals surface area contributed by atoms with Gasteiger partial charge in [-0.15, -0.1) is 11.3 Å². The van der Waals surface area contributed by atoms with Gasteiger partial charge in [0.05, 0.1) is 5.69 Å². The van der Waals surface area contributed by atoms with Crippen LogP contribution in [0.1, 0.15) is 11.6 Å². The van der Waals surface area contributed by atoms with E-state index in [-0.39, 0.29) is 5.82 Å². The van der Waals surface area contributed by atoms with Gasteiger partial charge in [-0.1, -0.05) is 0 Å². The average Bonchev–Trinajstić information content (AvgIpc) is 2.65. The highest BCUT2D eigenvalue weighted by Crippen LogP contribution is 2.28. The number of aromatic nitrogens is 1. The first-order valence-corrected chi connectivity index (χ1v) is 6.13. The predicted octanol–water partition coefficient (Wildman–Crippen LogP) is 2.64. The molecule has 0 spiro atoms. The standard InChI is InChI=1S/C12H11FN2S/c13-10-3-1-8(2-4-10)12-15-11(7-16-12)9-5-14-6-9/h1-4,7,9,14H,5-6H2. The van der Waals surface area contributed by atoms with E-state index in [0.29, 0.717) is 5.92 Å². The van der Waals surface area contributed by atoms with Crippen molar-refractivity contribution in [3.63, 3.8) is 0 Å². The first-order chi connectivity index (χ1) is 7.83. The van der Waals surface area contributed by atoms with Gasteiger partial charge in [-0.05, 0) is 24.3 Å². The summed E-state index contributed by atoms with van der Waals surface area (Å²) in [4.78, 5) is 4.59. The molecule has 82 valence electrons. The van der Waals surface area contributed by atoms with Crippen molar-refractivity contribution in [3.05, 3.63) is 41.2 Å². The van der Waals surface area contributed by atoms with Crippen LogP contribution in [0.5, 0.6) is 0 Å². The molecule has 0 saturated carbocycles. The van der Waals surface area contributed by atoms with Crippen molar-refractivity contribution < 1.29 is 4.39 Å². The number of halogens is 1. The molecule has 3 rings (SSSR count). The topological polar surface area (TPSA) is 24.9 Å². The Morgan fingerprint density at radius 1 is 1.25 bits per heavy atom. The van der Waals surface area contributed by atoms with Crippen molar-refractivity contribution in [1.29, 1.82) is 0 Å². The fraction of sp³-hybridized carbons (Fsp3) is 0.250. The summed E-state index contributed by atoms with van der Waals surface area (Å²) in [6, 6.07) is 6.50. The molecular weight excluding hydrogens is 223 g/mol. The Balaban J connectivity index is 1.88. The summed E-state index contributed by atoms with van der Waals surface area (Å²) in [6.45, 7) is 2.04. The molecule has 2 aromatic rings. The molecule has 0 bridgehead atoms.